The van der Waals surface area contributed by atoms with Gasteiger partial charge in [0, 0.05) is 11.6 Å². The lowest BCUT2D eigenvalue weighted by molar-refractivity contribution is 0.0713. The first kappa shape index (κ1) is 22.0. The van der Waals surface area contributed by atoms with Crippen LogP contribution in [0.15, 0.2) is 39.6 Å². The molecule has 1 aliphatic heterocycles. The molecular formula is C26H28O6. The van der Waals surface area contributed by atoms with E-state index in [4.69, 9.17) is 9.15 Å². The van der Waals surface area contributed by atoms with Crippen LogP contribution >= 0.6 is 0 Å². The van der Waals surface area contributed by atoms with Crippen molar-refractivity contribution in [2.45, 2.75) is 58.7 Å². The summed E-state index contributed by atoms with van der Waals surface area (Å²) in [7, 11) is 0. The third-order valence-electron chi connectivity index (χ3n) is 5.65. The van der Waals surface area contributed by atoms with Crippen LogP contribution in [0.4, 0.5) is 0 Å². The highest BCUT2D eigenvalue weighted by atomic mass is 16.5. The molecule has 2 aromatic carbocycles. The van der Waals surface area contributed by atoms with Crippen LogP contribution in [0.2, 0.25) is 0 Å². The molecule has 168 valence electrons. The highest BCUT2D eigenvalue weighted by Crippen LogP contribution is 2.42. The molecule has 6 heteroatoms. The van der Waals surface area contributed by atoms with Crippen molar-refractivity contribution in [2.24, 2.45) is 0 Å². The fourth-order valence-corrected chi connectivity index (χ4v) is 3.93. The molecule has 6 nitrogen and oxygen atoms in total. The molecule has 0 radical (unpaired) electrons. The van der Waals surface area contributed by atoms with Crippen molar-refractivity contribution in [3.05, 3.63) is 57.3 Å². The summed E-state index contributed by atoms with van der Waals surface area (Å²) in [6, 6.07) is 6.56. The van der Waals surface area contributed by atoms with Gasteiger partial charge in [0.05, 0.1) is 16.7 Å². The molecule has 0 bridgehead atoms. The summed E-state index contributed by atoms with van der Waals surface area (Å²) in [5, 5.41) is 31.6. The van der Waals surface area contributed by atoms with Gasteiger partial charge in [0.15, 0.2) is 11.0 Å². The molecule has 2 heterocycles. The van der Waals surface area contributed by atoms with Gasteiger partial charge in [-0.3, -0.25) is 4.79 Å². The molecule has 0 fully saturated rings. The Morgan fingerprint density at radius 3 is 2.47 bits per heavy atom. The first-order valence-corrected chi connectivity index (χ1v) is 10.6. The summed E-state index contributed by atoms with van der Waals surface area (Å²) in [6.07, 6.45) is 4.18. The fraction of sp³-hybridized carbons (Fsp3) is 0.346. The lowest BCUT2D eigenvalue weighted by Crippen LogP contribution is -2.27. The Balaban J connectivity index is 2.06. The van der Waals surface area contributed by atoms with E-state index in [9.17, 15) is 20.1 Å². The monoisotopic (exact) mass is 436 g/mol. The number of benzene rings is 2. The van der Waals surface area contributed by atoms with Crippen LogP contribution in [-0.4, -0.2) is 26.5 Å². The number of ether oxygens (including phenoxy) is 1. The van der Waals surface area contributed by atoms with E-state index >= 15 is 0 Å². The van der Waals surface area contributed by atoms with Gasteiger partial charge in [-0.25, -0.2) is 0 Å². The van der Waals surface area contributed by atoms with Crippen molar-refractivity contribution in [3.63, 3.8) is 0 Å². The van der Waals surface area contributed by atoms with Crippen molar-refractivity contribution in [2.75, 3.05) is 0 Å². The molecule has 0 spiro atoms. The van der Waals surface area contributed by atoms with Crippen LogP contribution in [-0.2, 0) is 6.42 Å². The summed E-state index contributed by atoms with van der Waals surface area (Å²) < 4.78 is 12.2. The zero-order valence-electron chi connectivity index (χ0n) is 18.9. The molecule has 4 rings (SSSR count). The number of rotatable bonds is 4. The third-order valence-corrected chi connectivity index (χ3v) is 5.65. The lowest BCUT2D eigenvalue weighted by Gasteiger charge is -2.28. The van der Waals surface area contributed by atoms with Gasteiger partial charge < -0.3 is 24.5 Å². The van der Waals surface area contributed by atoms with Gasteiger partial charge in [0.25, 0.3) is 0 Å². The van der Waals surface area contributed by atoms with E-state index in [1.807, 2.05) is 39.0 Å². The second-order valence-electron chi connectivity index (χ2n) is 9.62. The van der Waals surface area contributed by atoms with Crippen LogP contribution in [0, 0.1) is 6.92 Å². The van der Waals surface area contributed by atoms with Crippen molar-refractivity contribution >= 4 is 17.0 Å². The Bertz CT molecular complexity index is 1300. The van der Waals surface area contributed by atoms with E-state index in [2.05, 4.69) is 0 Å². The van der Waals surface area contributed by atoms with Crippen LogP contribution < -0.4 is 10.2 Å². The summed E-state index contributed by atoms with van der Waals surface area (Å²) in [5.41, 5.74) is 0.292. The van der Waals surface area contributed by atoms with E-state index in [0.29, 0.717) is 23.3 Å². The molecule has 0 saturated carbocycles. The number of hydrogen-bond acceptors (Lipinski definition) is 6. The second kappa shape index (κ2) is 7.41. The molecule has 3 aromatic rings. The predicted octanol–water partition coefficient (Wildman–Crippen LogP) is 5.07. The van der Waals surface area contributed by atoms with Gasteiger partial charge in [-0.1, -0.05) is 6.07 Å². The molecule has 1 aliphatic rings. The van der Waals surface area contributed by atoms with Gasteiger partial charge >= 0.3 is 0 Å². The summed E-state index contributed by atoms with van der Waals surface area (Å²) in [4.78, 5) is 13.6. The van der Waals surface area contributed by atoms with Crippen molar-refractivity contribution in [1.29, 1.82) is 0 Å². The summed E-state index contributed by atoms with van der Waals surface area (Å²) in [6.45, 7) is 8.96. The summed E-state index contributed by atoms with van der Waals surface area (Å²) >= 11 is 0. The number of aromatic hydroxyl groups is 2. The van der Waals surface area contributed by atoms with E-state index in [1.165, 1.54) is 6.07 Å². The van der Waals surface area contributed by atoms with Gasteiger partial charge in [-0.15, -0.1) is 0 Å². The van der Waals surface area contributed by atoms with E-state index in [0.717, 1.165) is 5.56 Å². The Kier molecular flexibility index (Phi) is 5.09. The minimum atomic E-state index is -1.01. The fourth-order valence-electron chi connectivity index (χ4n) is 3.93. The topological polar surface area (TPSA) is 100 Å². The van der Waals surface area contributed by atoms with Crippen molar-refractivity contribution in [1.82, 2.24) is 0 Å². The maximum Gasteiger partial charge on any atom is 0.200 e. The number of phenolic OH excluding ortho intramolecular Hbond substituents is 2. The lowest BCUT2D eigenvalue weighted by atomic mass is 9.93. The Morgan fingerprint density at radius 1 is 1.09 bits per heavy atom. The highest BCUT2D eigenvalue weighted by molar-refractivity contribution is 5.95. The highest BCUT2D eigenvalue weighted by Gasteiger charge is 2.29. The van der Waals surface area contributed by atoms with E-state index in [1.54, 1.807) is 26.0 Å². The van der Waals surface area contributed by atoms with Gasteiger partial charge in [0.1, 0.15) is 34.0 Å². The Hall–Kier alpha value is -3.25. The number of phenols is 2. The largest absolute Gasteiger partial charge is 0.507 e. The van der Waals surface area contributed by atoms with Gasteiger partial charge in [-0.2, -0.15) is 0 Å². The molecule has 0 unspecified atom stereocenters. The summed E-state index contributed by atoms with van der Waals surface area (Å²) in [5.74, 6) is 0.381. The van der Waals surface area contributed by atoms with Crippen LogP contribution in [0.1, 0.15) is 50.8 Å². The number of hydrogen-bond donors (Lipinski definition) is 3. The third kappa shape index (κ3) is 3.98. The molecular weight excluding hydrogens is 408 g/mol. The maximum absolute atomic E-state index is 13.6. The molecule has 0 atom stereocenters. The van der Waals surface area contributed by atoms with Crippen molar-refractivity contribution in [3.8, 4) is 28.6 Å². The van der Waals surface area contributed by atoms with Gasteiger partial charge in [-0.05, 0) is 77.3 Å². The first-order valence-electron chi connectivity index (χ1n) is 10.6. The van der Waals surface area contributed by atoms with Crippen LogP contribution in [0.5, 0.6) is 17.2 Å². The minimum absolute atomic E-state index is 0.0149. The molecule has 3 N–H and O–H groups in total. The Labute approximate surface area is 186 Å². The van der Waals surface area contributed by atoms with E-state index in [-0.39, 0.29) is 40.2 Å². The zero-order chi connectivity index (χ0) is 23.4. The molecule has 1 aromatic heterocycles. The van der Waals surface area contributed by atoms with Crippen LogP contribution in [0.3, 0.4) is 0 Å². The number of aliphatic hydroxyl groups is 1. The smallest absolute Gasteiger partial charge is 0.200 e. The normalized spacial score (nSPS) is 14.9. The Morgan fingerprint density at radius 2 is 1.81 bits per heavy atom. The average Bonchev–Trinajstić information content (AvgIpc) is 2.65. The number of aryl methyl sites for hydroxylation is 1. The van der Waals surface area contributed by atoms with Crippen LogP contribution in [0.25, 0.3) is 28.4 Å². The molecule has 0 saturated heterocycles. The second-order valence-corrected chi connectivity index (χ2v) is 9.62. The SMILES string of the molecule is Cc1ccc(-c2oc3c4c(cc(O)c3c(=O)c2CCC(C)(C)O)OC(C)(C)C=C4)c(O)c1. The minimum Gasteiger partial charge on any atom is -0.507 e. The maximum atomic E-state index is 13.6. The van der Waals surface area contributed by atoms with Gasteiger partial charge in [0.2, 0.25) is 0 Å². The molecule has 32 heavy (non-hydrogen) atoms. The first-order chi connectivity index (χ1) is 14.9. The number of fused-ring (bicyclic) bond motifs is 3. The van der Waals surface area contributed by atoms with E-state index < -0.39 is 16.6 Å². The zero-order valence-corrected chi connectivity index (χ0v) is 18.9. The molecule has 0 aliphatic carbocycles. The average molecular weight is 437 g/mol. The predicted molar refractivity (Wildman–Crippen MR) is 124 cm³/mol. The standard InChI is InChI=1S/C26H28O6/c1-14-6-7-15(18(27)12-14)23-17(8-10-25(2,3)30)22(29)21-19(28)13-20-16(24(21)31-23)9-11-26(4,5)32-20/h6-7,9,11-13,27-28,30H,8,10H2,1-5H3. The van der Waals surface area contributed by atoms with Crippen molar-refractivity contribution < 1.29 is 24.5 Å². The quantitative estimate of drug-likeness (QED) is 0.528. The molecule has 0 amide bonds.